The molecule has 11 heteroatoms. The number of ether oxygens (including phenoxy) is 1. The number of amides is 1. The van der Waals surface area contributed by atoms with Crippen LogP contribution in [-0.2, 0) is 4.79 Å². The Bertz CT molecular complexity index is 1730. The maximum absolute atomic E-state index is 12.4. The molecule has 0 fully saturated rings. The molecule has 1 amide bonds. The molecule has 5 aromatic rings. The molecule has 0 spiro atoms. The van der Waals surface area contributed by atoms with Crippen molar-refractivity contribution in [2.45, 2.75) is 0 Å². The van der Waals surface area contributed by atoms with Gasteiger partial charge in [-0.3, -0.25) is 10.1 Å². The number of oxazole rings is 1. The standard InChI is InChI=1S/C28H18Cl3N3O4S/c1-36-24-6-2-15(12-21(24)31)27-33-22-14-19(3-7-25(22)38-27)32-28(39)34-26(35)9-5-20-4-8-23(37-20)16-10-17(29)13-18(30)11-16/h2-14H,1H3,(H2,32,34,35,39)/b9-5+. The smallest absolute Gasteiger partial charge is 0.250 e. The molecule has 196 valence electrons. The molecule has 2 N–H and O–H groups in total. The van der Waals surface area contributed by atoms with E-state index in [0.29, 0.717) is 60.6 Å². The third-order valence-corrected chi connectivity index (χ3v) is 6.39. The number of nitrogens with zero attached hydrogens (tertiary/aromatic N) is 1. The first-order valence-electron chi connectivity index (χ1n) is 11.4. The molecule has 39 heavy (non-hydrogen) atoms. The molecule has 0 unspecified atom stereocenters. The third-order valence-electron chi connectivity index (χ3n) is 5.45. The van der Waals surface area contributed by atoms with Crippen LogP contribution in [0.2, 0.25) is 15.1 Å². The molecular weight excluding hydrogens is 581 g/mol. The number of fused-ring (bicyclic) bond motifs is 1. The zero-order chi connectivity index (χ0) is 27.5. The molecule has 0 saturated heterocycles. The Morgan fingerprint density at radius 1 is 0.949 bits per heavy atom. The Hall–Kier alpha value is -3.82. The number of hydrogen-bond acceptors (Lipinski definition) is 6. The molecular formula is C28H18Cl3N3O4S. The molecule has 0 saturated carbocycles. The van der Waals surface area contributed by atoms with E-state index in [1.807, 2.05) is 6.07 Å². The first-order chi connectivity index (χ1) is 18.8. The highest BCUT2D eigenvalue weighted by molar-refractivity contribution is 7.80. The van der Waals surface area contributed by atoms with E-state index in [9.17, 15) is 4.79 Å². The first-order valence-corrected chi connectivity index (χ1v) is 12.9. The second kappa shape index (κ2) is 11.5. The third kappa shape index (κ3) is 6.43. The van der Waals surface area contributed by atoms with Gasteiger partial charge in [-0.1, -0.05) is 34.8 Å². The molecule has 0 bridgehead atoms. The van der Waals surface area contributed by atoms with Crippen molar-refractivity contribution in [3.8, 4) is 28.5 Å². The number of carbonyl (C=O) groups excluding carboxylic acids is 1. The quantitative estimate of drug-likeness (QED) is 0.150. The fourth-order valence-corrected chi connectivity index (χ4v) is 4.70. The Morgan fingerprint density at radius 2 is 1.74 bits per heavy atom. The van der Waals surface area contributed by atoms with E-state index in [4.69, 9.17) is 60.6 Å². The lowest BCUT2D eigenvalue weighted by atomic mass is 10.2. The molecule has 5 rings (SSSR count). The van der Waals surface area contributed by atoms with Gasteiger partial charge in [0.1, 0.15) is 22.8 Å². The summed E-state index contributed by atoms with van der Waals surface area (Å²) in [6, 6.07) is 19.2. The molecule has 0 aliphatic heterocycles. The zero-order valence-corrected chi connectivity index (χ0v) is 23.2. The summed E-state index contributed by atoms with van der Waals surface area (Å²) in [5, 5.41) is 7.13. The predicted molar refractivity (Wildman–Crippen MR) is 159 cm³/mol. The van der Waals surface area contributed by atoms with Crippen LogP contribution in [0.15, 0.2) is 81.6 Å². The highest BCUT2D eigenvalue weighted by atomic mass is 35.5. The summed E-state index contributed by atoms with van der Waals surface area (Å²) in [6.07, 6.45) is 2.84. The number of thiocarbonyl (C=S) groups is 1. The van der Waals surface area contributed by atoms with Gasteiger partial charge in [0, 0.05) is 32.9 Å². The molecule has 2 aromatic heterocycles. The van der Waals surface area contributed by atoms with E-state index >= 15 is 0 Å². The van der Waals surface area contributed by atoms with Crippen molar-refractivity contribution in [1.29, 1.82) is 0 Å². The van der Waals surface area contributed by atoms with Crippen molar-refractivity contribution < 1.29 is 18.4 Å². The molecule has 0 atom stereocenters. The summed E-state index contributed by atoms with van der Waals surface area (Å²) in [7, 11) is 1.55. The van der Waals surface area contributed by atoms with Crippen LogP contribution in [0, 0.1) is 0 Å². The largest absolute Gasteiger partial charge is 0.495 e. The molecule has 0 radical (unpaired) electrons. The lowest BCUT2D eigenvalue weighted by Gasteiger charge is -2.07. The Kier molecular flexibility index (Phi) is 7.90. The average Bonchev–Trinajstić information content (AvgIpc) is 3.54. The van der Waals surface area contributed by atoms with Gasteiger partial charge in [0.2, 0.25) is 11.8 Å². The molecule has 0 aliphatic carbocycles. The van der Waals surface area contributed by atoms with Crippen LogP contribution in [0.25, 0.3) is 40.0 Å². The lowest BCUT2D eigenvalue weighted by Crippen LogP contribution is -2.32. The maximum Gasteiger partial charge on any atom is 0.250 e. The number of anilines is 1. The van der Waals surface area contributed by atoms with Crippen molar-refractivity contribution >= 4 is 80.9 Å². The highest BCUT2D eigenvalue weighted by Gasteiger charge is 2.12. The van der Waals surface area contributed by atoms with Crippen molar-refractivity contribution in [2.75, 3.05) is 12.4 Å². The van der Waals surface area contributed by atoms with Gasteiger partial charge in [-0.2, -0.15) is 0 Å². The second-order valence-electron chi connectivity index (χ2n) is 8.19. The van der Waals surface area contributed by atoms with Gasteiger partial charge in [0.05, 0.1) is 12.1 Å². The lowest BCUT2D eigenvalue weighted by molar-refractivity contribution is -0.115. The number of methoxy groups -OCH3 is 1. The fourth-order valence-electron chi connectivity index (χ4n) is 3.70. The normalized spacial score (nSPS) is 11.2. The van der Waals surface area contributed by atoms with Gasteiger partial charge in [-0.25, -0.2) is 4.98 Å². The average molecular weight is 599 g/mol. The Morgan fingerprint density at radius 3 is 2.49 bits per heavy atom. The van der Waals surface area contributed by atoms with E-state index in [0.717, 1.165) is 5.56 Å². The minimum Gasteiger partial charge on any atom is -0.495 e. The number of aromatic nitrogens is 1. The van der Waals surface area contributed by atoms with Crippen LogP contribution in [0.5, 0.6) is 5.75 Å². The Labute approximate surface area is 243 Å². The minimum absolute atomic E-state index is 0.114. The SMILES string of the molecule is COc1ccc(-c2nc3cc(NC(=S)NC(=O)/C=C/c4ccc(-c5cc(Cl)cc(Cl)c5)o4)ccc3o2)cc1Cl. The van der Waals surface area contributed by atoms with Crippen LogP contribution in [0.3, 0.4) is 0 Å². The summed E-state index contributed by atoms with van der Waals surface area (Å²) in [6.45, 7) is 0. The molecule has 0 aliphatic rings. The summed E-state index contributed by atoms with van der Waals surface area (Å²) < 4.78 is 16.8. The van der Waals surface area contributed by atoms with Gasteiger partial charge < -0.3 is 18.9 Å². The van der Waals surface area contributed by atoms with Gasteiger partial charge in [-0.15, -0.1) is 0 Å². The van der Waals surface area contributed by atoms with Crippen LogP contribution in [0.1, 0.15) is 5.76 Å². The van der Waals surface area contributed by atoms with Gasteiger partial charge in [0.25, 0.3) is 0 Å². The van der Waals surface area contributed by atoms with Crippen LogP contribution >= 0.6 is 47.0 Å². The Balaban J connectivity index is 1.21. The summed E-state index contributed by atoms with van der Waals surface area (Å²) >= 11 is 23.6. The molecule has 7 nitrogen and oxygen atoms in total. The van der Waals surface area contributed by atoms with Crippen molar-refractivity contribution in [2.24, 2.45) is 0 Å². The summed E-state index contributed by atoms with van der Waals surface area (Å²) in [4.78, 5) is 16.9. The van der Waals surface area contributed by atoms with E-state index < -0.39 is 5.91 Å². The number of nitrogens with one attached hydrogen (secondary N) is 2. The number of furan rings is 1. The fraction of sp³-hybridized carbons (Fsp3) is 0.0357. The van der Waals surface area contributed by atoms with Crippen LogP contribution in [0.4, 0.5) is 5.69 Å². The van der Waals surface area contributed by atoms with E-state index in [1.165, 1.54) is 12.2 Å². The van der Waals surface area contributed by atoms with Crippen molar-refractivity contribution in [1.82, 2.24) is 10.3 Å². The van der Waals surface area contributed by atoms with Crippen molar-refractivity contribution in [3.63, 3.8) is 0 Å². The summed E-state index contributed by atoms with van der Waals surface area (Å²) in [5.41, 5.74) is 3.25. The van der Waals surface area contributed by atoms with Gasteiger partial charge in [0.15, 0.2) is 10.7 Å². The van der Waals surface area contributed by atoms with E-state index in [2.05, 4.69) is 15.6 Å². The van der Waals surface area contributed by atoms with Gasteiger partial charge in [-0.05, 0) is 85.0 Å². The van der Waals surface area contributed by atoms with E-state index in [-0.39, 0.29) is 5.11 Å². The van der Waals surface area contributed by atoms with Crippen LogP contribution in [-0.4, -0.2) is 23.1 Å². The maximum atomic E-state index is 12.4. The second-order valence-corrected chi connectivity index (χ2v) is 9.88. The van der Waals surface area contributed by atoms with Crippen LogP contribution < -0.4 is 15.4 Å². The first kappa shape index (κ1) is 26.8. The summed E-state index contributed by atoms with van der Waals surface area (Å²) in [5.74, 6) is 1.58. The van der Waals surface area contributed by atoms with E-state index in [1.54, 1.807) is 67.8 Å². The number of benzene rings is 3. The number of halogens is 3. The zero-order valence-electron chi connectivity index (χ0n) is 20.1. The van der Waals surface area contributed by atoms with Crippen molar-refractivity contribution in [3.05, 3.63) is 93.6 Å². The van der Waals surface area contributed by atoms with Gasteiger partial charge >= 0.3 is 0 Å². The predicted octanol–water partition coefficient (Wildman–Crippen LogP) is 8.25. The topological polar surface area (TPSA) is 89.5 Å². The molecule has 3 aromatic carbocycles. The number of carbonyl (C=O) groups is 1. The molecule has 2 heterocycles. The highest BCUT2D eigenvalue weighted by Crippen LogP contribution is 2.32. The monoisotopic (exact) mass is 597 g/mol. The minimum atomic E-state index is -0.433. The number of rotatable bonds is 6. The number of hydrogen-bond donors (Lipinski definition) is 2.